The highest BCUT2D eigenvalue weighted by atomic mass is 32.2. The van der Waals surface area contributed by atoms with E-state index in [-0.39, 0.29) is 23.8 Å². The van der Waals surface area contributed by atoms with Crippen LogP contribution in [0.25, 0.3) is 0 Å². The monoisotopic (exact) mass is 434 g/mol. The standard InChI is InChI=1S/C22H27FN2O4S/c1-16-8-13-20(29-3)22-19(16)6-4-15-25(22)21(26)7-5-14-24(2)30(27,28)18-11-9-17(23)10-12-18/h8-13H,4-7,14-15H2,1-3H3. The zero-order valence-corrected chi connectivity index (χ0v) is 18.3. The Morgan fingerprint density at radius 3 is 2.57 bits per heavy atom. The number of nitrogens with zero attached hydrogens (tertiary/aromatic N) is 2. The van der Waals surface area contributed by atoms with Crippen molar-refractivity contribution in [1.82, 2.24) is 4.31 Å². The Kier molecular flexibility index (Phi) is 6.77. The van der Waals surface area contributed by atoms with Gasteiger partial charge in [-0.05, 0) is 67.6 Å². The maximum Gasteiger partial charge on any atom is 0.242 e. The third-order valence-electron chi connectivity index (χ3n) is 5.46. The summed E-state index contributed by atoms with van der Waals surface area (Å²) in [5.41, 5.74) is 3.10. The Hall–Kier alpha value is -2.45. The number of carbonyl (C=O) groups excluding carboxylic acids is 1. The lowest BCUT2D eigenvalue weighted by Crippen LogP contribution is -2.36. The summed E-state index contributed by atoms with van der Waals surface area (Å²) >= 11 is 0. The van der Waals surface area contributed by atoms with Crippen molar-refractivity contribution in [2.75, 3.05) is 32.1 Å². The van der Waals surface area contributed by atoms with Crippen LogP contribution in [0.15, 0.2) is 41.3 Å². The SMILES string of the molecule is COc1ccc(C)c2c1N(C(=O)CCCN(C)S(=O)(=O)c1ccc(F)cc1)CCC2. The molecule has 3 rings (SSSR count). The van der Waals surface area contributed by atoms with Crippen LogP contribution in [0, 0.1) is 12.7 Å². The largest absolute Gasteiger partial charge is 0.495 e. The molecule has 1 aliphatic rings. The normalized spacial score (nSPS) is 14.0. The van der Waals surface area contributed by atoms with Gasteiger partial charge in [0, 0.05) is 26.6 Å². The Morgan fingerprint density at radius 2 is 1.90 bits per heavy atom. The summed E-state index contributed by atoms with van der Waals surface area (Å²) in [4.78, 5) is 14.7. The molecule has 1 aliphatic heterocycles. The number of rotatable bonds is 7. The number of hydrogen-bond donors (Lipinski definition) is 0. The van der Waals surface area contributed by atoms with Gasteiger partial charge >= 0.3 is 0 Å². The summed E-state index contributed by atoms with van der Waals surface area (Å²) < 4.78 is 44.9. The van der Waals surface area contributed by atoms with E-state index in [0.29, 0.717) is 18.7 Å². The van der Waals surface area contributed by atoms with E-state index in [9.17, 15) is 17.6 Å². The molecule has 8 heteroatoms. The van der Waals surface area contributed by atoms with Gasteiger partial charge in [-0.25, -0.2) is 17.1 Å². The first-order valence-electron chi connectivity index (χ1n) is 9.94. The molecule has 0 aromatic heterocycles. The van der Waals surface area contributed by atoms with Gasteiger partial charge in [-0.15, -0.1) is 0 Å². The molecule has 0 radical (unpaired) electrons. The summed E-state index contributed by atoms with van der Waals surface area (Å²) in [7, 11) is -0.663. The molecule has 0 unspecified atom stereocenters. The molecular formula is C22H27FN2O4S. The second kappa shape index (κ2) is 9.14. The van der Waals surface area contributed by atoms with Crippen LogP contribution in [-0.4, -0.2) is 45.9 Å². The summed E-state index contributed by atoms with van der Waals surface area (Å²) in [6.07, 6.45) is 2.39. The molecule has 0 fully saturated rings. The van der Waals surface area contributed by atoms with Gasteiger partial charge in [-0.3, -0.25) is 4.79 Å². The fourth-order valence-electron chi connectivity index (χ4n) is 3.76. The van der Waals surface area contributed by atoms with Crippen molar-refractivity contribution < 1.29 is 22.3 Å². The second-order valence-corrected chi connectivity index (χ2v) is 9.49. The van der Waals surface area contributed by atoms with Gasteiger partial charge in [0.15, 0.2) is 0 Å². The summed E-state index contributed by atoms with van der Waals surface area (Å²) in [5, 5.41) is 0. The zero-order valence-electron chi connectivity index (χ0n) is 17.5. The molecule has 162 valence electrons. The van der Waals surface area contributed by atoms with Gasteiger partial charge < -0.3 is 9.64 Å². The lowest BCUT2D eigenvalue weighted by molar-refractivity contribution is -0.118. The van der Waals surface area contributed by atoms with Crippen LogP contribution in [0.2, 0.25) is 0 Å². The van der Waals surface area contributed by atoms with Gasteiger partial charge in [0.25, 0.3) is 0 Å². The molecule has 2 aromatic rings. The molecule has 0 bridgehead atoms. The molecule has 1 heterocycles. The van der Waals surface area contributed by atoms with Crippen LogP contribution >= 0.6 is 0 Å². The quantitative estimate of drug-likeness (QED) is 0.669. The molecule has 0 N–H and O–H groups in total. The van der Waals surface area contributed by atoms with Crippen molar-refractivity contribution in [2.45, 2.75) is 37.5 Å². The molecule has 0 saturated heterocycles. The van der Waals surface area contributed by atoms with Crippen molar-refractivity contribution in [1.29, 1.82) is 0 Å². The number of hydrogen-bond acceptors (Lipinski definition) is 4. The maximum atomic E-state index is 13.1. The fraction of sp³-hybridized carbons (Fsp3) is 0.409. The first kappa shape index (κ1) is 22.2. The third kappa shape index (κ3) is 4.49. The van der Waals surface area contributed by atoms with Gasteiger partial charge in [0.1, 0.15) is 11.6 Å². The Balaban J connectivity index is 1.66. The number of ether oxygens (including phenoxy) is 1. The third-order valence-corrected chi connectivity index (χ3v) is 7.34. The molecule has 2 aromatic carbocycles. The maximum absolute atomic E-state index is 13.1. The van der Waals surface area contributed by atoms with Crippen LogP contribution in [0.1, 0.15) is 30.4 Å². The molecule has 0 saturated carbocycles. The number of fused-ring (bicyclic) bond motifs is 1. The topological polar surface area (TPSA) is 66.9 Å². The van der Waals surface area contributed by atoms with Crippen LogP contribution < -0.4 is 9.64 Å². The Labute approximate surface area is 177 Å². The smallest absolute Gasteiger partial charge is 0.242 e. The minimum Gasteiger partial charge on any atom is -0.495 e. The lowest BCUT2D eigenvalue weighted by Gasteiger charge is -2.32. The Morgan fingerprint density at radius 1 is 1.20 bits per heavy atom. The molecular weight excluding hydrogens is 407 g/mol. The number of sulfonamides is 1. The number of benzene rings is 2. The highest BCUT2D eigenvalue weighted by molar-refractivity contribution is 7.89. The van der Waals surface area contributed by atoms with Crippen molar-refractivity contribution in [3.05, 3.63) is 53.3 Å². The molecule has 6 nitrogen and oxygen atoms in total. The van der Waals surface area contributed by atoms with E-state index < -0.39 is 15.8 Å². The predicted molar refractivity (Wildman–Crippen MR) is 114 cm³/mol. The van der Waals surface area contributed by atoms with Crippen LogP contribution in [-0.2, 0) is 21.2 Å². The first-order valence-corrected chi connectivity index (χ1v) is 11.4. The second-order valence-electron chi connectivity index (χ2n) is 7.44. The molecule has 0 atom stereocenters. The number of halogens is 1. The van der Waals surface area contributed by atoms with E-state index >= 15 is 0 Å². The number of anilines is 1. The fourth-order valence-corrected chi connectivity index (χ4v) is 4.97. The minimum absolute atomic E-state index is 0.0305. The molecule has 30 heavy (non-hydrogen) atoms. The van der Waals surface area contributed by atoms with Crippen LogP contribution in [0.4, 0.5) is 10.1 Å². The van der Waals surface area contributed by atoms with E-state index in [0.717, 1.165) is 41.8 Å². The minimum atomic E-state index is -3.72. The van der Waals surface area contributed by atoms with Crippen LogP contribution in [0.3, 0.4) is 0 Å². The van der Waals surface area contributed by atoms with Crippen molar-refractivity contribution in [3.63, 3.8) is 0 Å². The van der Waals surface area contributed by atoms with Gasteiger partial charge in [-0.2, -0.15) is 0 Å². The molecule has 0 aliphatic carbocycles. The van der Waals surface area contributed by atoms with E-state index in [1.54, 1.807) is 12.0 Å². The average molecular weight is 435 g/mol. The number of aryl methyl sites for hydroxylation is 1. The van der Waals surface area contributed by atoms with Crippen molar-refractivity contribution in [3.8, 4) is 5.75 Å². The number of carbonyl (C=O) groups is 1. The highest BCUT2D eigenvalue weighted by Crippen LogP contribution is 2.38. The zero-order chi connectivity index (χ0) is 21.9. The van der Waals surface area contributed by atoms with Gasteiger partial charge in [0.2, 0.25) is 15.9 Å². The van der Waals surface area contributed by atoms with Gasteiger partial charge in [0.05, 0.1) is 17.7 Å². The molecule has 1 amide bonds. The van der Waals surface area contributed by atoms with E-state index in [1.807, 2.05) is 19.1 Å². The van der Waals surface area contributed by atoms with E-state index in [4.69, 9.17) is 4.74 Å². The Bertz CT molecular complexity index is 1020. The van der Waals surface area contributed by atoms with Crippen molar-refractivity contribution >= 4 is 21.6 Å². The summed E-state index contributed by atoms with van der Waals surface area (Å²) in [6.45, 7) is 2.84. The average Bonchev–Trinajstić information content (AvgIpc) is 2.74. The van der Waals surface area contributed by atoms with Crippen LogP contribution in [0.5, 0.6) is 5.75 Å². The number of methoxy groups -OCH3 is 1. The molecule has 0 spiro atoms. The number of amides is 1. The van der Waals surface area contributed by atoms with E-state index in [2.05, 4.69) is 0 Å². The van der Waals surface area contributed by atoms with Gasteiger partial charge in [-0.1, -0.05) is 6.07 Å². The highest BCUT2D eigenvalue weighted by Gasteiger charge is 2.27. The van der Waals surface area contributed by atoms with E-state index in [1.165, 1.54) is 23.5 Å². The van der Waals surface area contributed by atoms with Crippen molar-refractivity contribution in [2.24, 2.45) is 0 Å². The first-order chi connectivity index (χ1) is 14.3. The lowest BCUT2D eigenvalue weighted by atomic mass is 9.96. The summed E-state index contributed by atoms with van der Waals surface area (Å²) in [6, 6.07) is 8.60. The predicted octanol–water partition coefficient (Wildman–Crippen LogP) is 3.52. The summed E-state index contributed by atoms with van der Waals surface area (Å²) in [5.74, 6) is 0.141.